The van der Waals surface area contributed by atoms with Crippen molar-refractivity contribution >= 4 is 33.4 Å². The first kappa shape index (κ1) is 11.3. The second-order valence-electron chi connectivity index (χ2n) is 3.99. The number of halogens is 1. The first-order valence-electron chi connectivity index (χ1n) is 5.37. The molecule has 1 aliphatic rings. The van der Waals surface area contributed by atoms with Gasteiger partial charge in [0.15, 0.2) is 0 Å². The van der Waals surface area contributed by atoms with Gasteiger partial charge in [-0.3, -0.25) is 0 Å². The topological polar surface area (TPSA) is 12.0 Å². The van der Waals surface area contributed by atoms with Gasteiger partial charge in [-0.1, -0.05) is 12.1 Å². The van der Waals surface area contributed by atoms with Crippen LogP contribution < -0.4 is 5.32 Å². The van der Waals surface area contributed by atoms with Crippen molar-refractivity contribution < 1.29 is 0 Å². The first-order valence-corrected chi connectivity index (χ1v) is 7.31. The Morgan fingerprint density at radius 3 is 3.07 bits per heavy atom. The van der Waals surface area contributed by atoms with Gasteiger partial charge in [0.2, 0.25) is 0 Å². The number of thioether (sulfide) groups is 1. The Hall–Kier alpha value is -0.150. The fraction of sp³-hybridized carbons (Fsp3) is 0.500. The lowest BCUT2D eigenvalue weighted by molar-refractivity contribution is 0.685. The quantitative estimate of drug-likeness (QED) is 0.879. The number of anilines is 1. The maximum Gasteiger partial charge on any atom is 0.0489 e. The van der Waals surface area contributed by atoms with E-state index in [4.69, 9.17) is 0 Å². The van der Waals surface area contributed by atoms with Gasteiger partial charge >= 0.3 is 0 Å². The normalized spacial score (nSPS) is 21.3. The summed E-state index contributed by atoms with van der Waals surface area (Å²) in [5, 5.41) is 3.62. The molecule has 2 rings (SSSR count). The molecule has 0 saturated carbocycles. The second-order valence-corrected chi connectivity index (χ2v) is 5.94. The molecule has 1 atom stereocenters. The predicted molar refractivity (Wildman–Crippen MR) is 72.8 cm³/mol. The molecular weight excluding hydrogens is 270 g/mol. The van der Waals surface area contributed by atoms with Crippen LogP contribution in [0.2, 0.25) is 0 Å². The number of aryl methyl sites for hydroxylation is 1. The van der Waals surface area contributed by atoms with Gasteiger partial charge < -0.3 is 5.32 Å². The van der Waals surface area contributed by atoms with Crippen molar-refractivity contribution in [3.63, 3.8) is 0 Å². The zero-order valence-electron chi connectivity index (χ0n) is 8.92. The lowest BCUT2D eigenvalue weighted by atomic mass is 10.1. The third kappa shape index (κ3) is 2.91. The Balaban J connectivity index is 2.06. The molecular formula is C12H16BrNS. The minimum absolute atomic E-state index is 0.641. The standard InChI is InChI=1S/C12H16BrNS/c1-9-4-2-6-11(12(9)13)14-10-5-3-7-15-8-10/h2,4,6,10,14H,3,5,7-8H2,1H3. The summed E-state index contributed by atoms with van der Waals surface area (Å²) in [5.41, 5.74) is 2.53. The molecule has 1 aromatic rings. The Bertz CT molecular complexity index is 334. The van der Waals surface area contributed by atoms with Crippen molar-refractivity contribution in [1.29, 1.82) is 0 Å². The minimum Gasteiger partial charge on any atom is -0.381 e. The highest BCUT2D eigenvalue weighted by molar-refractivity contribution is 9.10. The summed E-state index contributed by atoms with van der Waals surface area (Å²) in [4.78, 5) is 0. The molecule has 1 N–H and O–H groups in total. The summed E-state index contributed by atoms with van der Waals surface area (Å²) in [5.74, 6) is 2.56. The van der Waals surface area contributed by atoms with Crippen molar-refractivity contribution in [2.24, 2.45) is 0 Å². The molecule has 82 valence electrons. The van der Waals surface area contributed by atoms with Crippen molar-refractivity contribution in [1.82, 2.24) is 0 Å². The Labute approximate surface area is 104 Å². The number of hydrogen-bond acceptors (Lipinski definition) is 2. The van der Waals surface area contributed by atoms with E-state index in [0.717, 1.165) is 0 Å². The van der Waals surface area contributed by atoms with Crippen LogP contribution >= 0.6 is 27.7 Å². The van der Waals surface area contributed by atoms with Crippen LogP contribution in [-0.4, -0.2) is 17.5 Å². The van der Waals surface area contributed by atoms with Gasteiger partial charge in [-0.05, 0) is 53.1 Å². The molecule has 0 spiro atoms. The van der Waals surface area contributed by atoms with Gasteiger partial charge in [0, 0.05) is 22.0 Å². The third-order valence-electron chi connectivity index (χ3n) is 2.71. The van der Waals surface area contributed by atoms with E-state index in [1.54, 1.807) is 0 Å². The van der Waals surface area contributed by atoms with E-state index in [0.29, 0.717) is 6.04 Å². The van der Waals surface area contributed by atoms with Crippen LogP contribution in [0.4, 0.5) is 5.69 Å². The monoisotopic (exact) mass is 285 g/mol. The van der Waals surface area contributed by atoms with Crippen LogP contribution in [0.1, 0.15) is 18.4 Å². The number of benzene rings is 1. The van der Waals surface area contributed by atoms with Crippen LogP contribution in [0.25, 0.3) is 0 Å². The van der Waals surface area contributed by atoms with Gasteiger partial charge in [0.05, 0.1) is 0 Å². The smallest absolute Gasteiger partial charge is 0.0489 e. The molecule has 3 heteroatoms. The lowest BCUT2D eigenvalue weighted by Gasteiger charge is -2.24. The fourth-order valence-corrected chi connectivity index (χ4v) is 3.28. The van der Waals surface area contributed by atoms with E-state index in [-0.39, 0.29) is 0 Å². The first-order chi connectivity index (χ1) is 7.27. The molecule has 0 bridgehead atoms. The summed E-state index contributed by atoms with van der Waals surface area (Å²) < 4.78 is 1.21. The van der Waals surface area contributed by atoms with Crippen molar-refractivity contribution in [3.8, 4) is 0 Å². The maximum absolute atomic E-state index is 3.64. The molecule has 1 fully saturated rings. The zero-order valence-corrected chi connectivity index (χ0v) is 11.3. The van der Waals surface area contributed by atoms with Gasteiger partial charge in [-0.2, -0.15) is 11.8 Å². The minimum atomic E-state index is 0.641. The molecule has 1 nitrogen and oxygen atoms in total. The van der Waals surface area contributed by atoms with Crippen LogP contribution in [0.3, 0.4) is 0 Å². The Morgan fingerprint density at radius 2 is 2.33 bits per heavy atom. The van der Waals surface area contributed by atoms with Crippen LogP contribution in [0.15, 0.2) is 22.7 Å². The van der Waals surface area contributed by atoms with Crippen molar-refractivity contribution in [3.05, 3.63) is 28.2 Å². The van der Waals surface area contributed by atoms with Crippen LogP contribution in [0, 0.1) is 6.92 Å². The lowest BCUT2D eigenvalue weighted by Crippen LogP contribution is -2.25. The van der Waals surface area contributed by atoms with E-state index in [9.17, 15) is 0 Å². The van der Waals surface area contributed by atoms with Crippen LogP contribution in [-0.2, 0) is 0 Å². The third-order valence-corrected chi connectivity index (χ3v) is 4.98. The average Bonchev–Trinajstić information content (AvgIpc) is 2.26. The highest BCUT2D eigenvalue weighted by Crippen LogP contribution is 2.28. The highest BCUT2D eigenvalue weighted by atomic mass is 79.9. The second kappa shape index (κ2) is 5.26. The highest BCUT2D eigenvalue weighted by Gasteiger charge is 2.14. The van der Waals surface area contributed by atoms with E-state index >= 15 is 0 Å². The summed E-state index contributed by atoms with van der Waals surface area (Å²) in [6, 6.07) is 7.03. The molecule has 0 amide bonds. The summed E-state index contributed by atoms with van der Waals surface area (Å²) >= 11 is 5.69. The molecule has 0 aromatic heterocycles. The van der Waals surface area contributed by atoms with Gasteiger partial charge in [-0.15, -0.1) is 0 Å². The van der Waals surface area contributed by atoms with E-state index in [1.807, 2.05) is 0 Å². The summed E-state index contributed by atoms with van der Waals surface area (Å²) in [7, 11) is 0. The summed E-state index contributed by atoms with van der Waals surface area (Å²) in [6.45, 7) is 2.13. The fourth-order valence-electron chi connectivity index (χ4n) is 1.83. The molecule has 1 aliphatic heterocycles. The Morgan fingerprint density at radius 1 is 1.47 bits per heavy atom. The maximum atomic E-state index is 3.64. The van der Waals surface area contributed by atoms with Gasteiger partial charge in [0.25, 0.3) is 0 Å². The number of rotatable bonds is 2. The zero-order chi connectivity index (χ0) is 10.7. The molecule has 15 heavy (non-hydrogen) atoms. The largest absolute Gasteiger partial charge is 0.381 e. The number of hydrogen-bond donors (Lipinski definition) is 1. The molecule has 1 heterocycles. The van der Waals surface area contributed by atoms with E-state index < -0.39 is 0 Å². The molecule has 1 saturated heterocycles. The van der Waals surface area contributed by atoms with E-state index in [1.165, 1.54) is 40.1 Å². The van der Waals surface area contributed by atoms with Gasteiger partial charge in [-0.25, -0.2) is 0 Å². The van der Waals surface area contributed by atoms with Crippen LogP contribution in [0.5, 0.6) is 0 Å². The molecule has 0 radical (unpaired) electrons. The van der Waals surface area contributed by atoms with Gasteiger partial charge in [0.1, 0.15) is 0 Å². The molecule has 1 unspecified atom stereocenters. The van der Waals surface area contributed by atoms with Crippen molar-refractivity contribution in [2.75, 3.05) is 16.8 Å². The number of nitrogens with one attached hydrogen (secondary N) is 1. The average molecular weight is 286 g/mol. The Kier molecular flexibility index (Phi) is 3.98. The predicted octanol–water partition coefficient (Wildman–Crippen LogP) is 4.07. The van der Waals surface area contributed by atoms with E-state index in [2.05, 4.69) is 58.1 Å². The van der Waals surface area contributed by atoms with Crippen molar-refractivity contribution in [2.45, 2.75) is 25.8 Å². The molecule has 1 aromatic carbocycles. The SMILES string of the molecule is Cc1cccc(NC2CCCSC2)c1Br. The summed E-state index contributed by atoms with van der Waals surface area (Å²) in [6.07, 6.45) is 2.64. The molecule has 0 aliphatic carbocycles.